The molecule has 2 N–H and O–H groups in total. The van der Waals surface area contributed by atoms with E-state index in [1.807, 2.05) is 0 Å². The van der Waals surface area contributed by atoms with E-state index in [2.05, 4.69) is 0 Å². The van der Waals surface area contributed by atoms with Crippen LogP contribution in [0.3, 0.4) is 0 Å². The third-order valence-corrected chi connectivity index (χ3v) is 4.74. The minimum Gasteiger partial charge on any atom is -0.317 e. The molecule has 0 amide bonds. The average Bonchev–Trinajstić information content (AvgIpc) is 2.67. The molecule has 0 spiro atoms. The van der Waals surface area contributed by atoms with Gasteiger partial charge in [0, 0.05) is 0 Å². The van der Waals surface area contributed by atoms with Crippen LogP contribution in [0, 0.1) is 0 Å². The topological polar surface area (TPSA) is 26.0 Å². The van der Waals surface area contributed by atoms with Crippen molar-refractivity contribution in [2.24, 2.45) is 5.73 Å². The van der Waals surface area contributed by atoms with Gasteiger partial charge in [-0.15, -0.1) is 0 Å². The monoisotopic (exact) mass is 409 g/mol. The third-order valence-electron chi connectivity index (χ3n) is 4.74. The van der Waals surface area contributed by atoms with E-state index in [-0.39, 0.29) is 17.5 Å². The molecule has 0 fully saturated rings. The van der Waals surface area contributed by atoms with Gasteiger partial charge in [-0.3, -0.25) is 0 Å². The lowest BCUT2D eigenvalue weighted by Crippen LogP contribution is -2.40. The molecule has 29 heavy (non-hydrogen) atoms. The summed E-state index contributed by atoms with van der Waals surface area (Å²) in [4.78, 5) is 0. The van der Waals surface area contributed by atoms with E-state index in [1.165, 1.54) is 24.3 Å². The van der Waals surface area contributed by atoms with Crippen LogP contribution in [0.15, 0.2) is 78.9 Å². The second kappa shape index (κ2) is 7.55. The van der Waals surface area contributed by atoms with E-state index >= 15 is 0 Å². The molecule has 1 nitrogen and oxygen atoms in total. The second-order valence-electron chi connectivity index (χ2n) is 6.79. The number of rotatable bonds is 4. The lowest BCUT2D eigenvalue weighted by molar-refractivity contribution is -0.138. The Morgan fingerprint density at radius 3 is 1.38 bits per heavy atom. The van der Waals surface area contributed by atoms with Gasteiger partial charge in [-0.1, -0.05) is 54.6 Å². The Labute approximate surface area is 163 Å². The summed E-state index contributed by atoms with van der Waals surface area (Å²) in [7, 11) is 0. The van der Waals surface area contributed by atoms with Gasteiger partial charge in [-0.05, 0) is 47.4 Å². The highest BCUT2D eigenvalue weighted by Crippen LogP contribution is 2.38. The summed E-state index contributed by atoms with van der Waals surface area (Å²) in [6.45, 7) is 0. The van der Waals surface area contributed by atoms with E-state index < -0.39 is 29.0 Å². The van der Waals surface area contributed by atoms with Gasteiger partial charge in [0.2, 0.25) is 0 Å². The van der Waals surface area contributed by atoms with Crippen LogP contribution in [0.1, 0.15) is 27.8 Å². The zero-order valence-corrected chi connectivity index (χ0v) is 15.1. The molecule has 0 radical (unpaired) electrons. The van der Waals surface area contributed by atoms with Gasteiger partial charge < -0.3 is 5.73 Å². The first kappa shape index (κ1) is 20.9. The van der Waals surface area contributed by atoms with Gasteiger partial charge in [-0.25, -0.2) is 0 Å². The smallest absolute Gasteiger partial charge is 0.317 e. The maximum atomic E-state index is 13.2. The van der Waals surface area contributed by atoms with Crippen molar-refractivity contribution in [1.82, 2.24) is 0 Å². The minimum absolute atomic E-state index is 0.0243. The van der Waals surface area contributed by atoms with E-state index in [0.29, 0.717) is 5.56 Å². The van der Waals surface area contributed by atoms with Crippen molar-refractivity contribution in [3.63, 3.8) is 0 Å². The number of hydrogen-bond acceptors (Lipinski definition) is 1. The molecule has 0 aliphatic heterocycles. The fourth-order valence-electron chi connectivity index (χ4n) is 3.23. The summed E-state index contributed by atoms with van der Waals surface area (Å²) in [5, 5.41) is 0. The van der Waals surface area contributed by atoms with Crippen LogP contribution in [0.4, 0.5) is 26.3 Å². The first-order valence-electron chi connectivity index (χ1n) is 8.68. The predicted octanol–water partition coefficient (Wildman–Crippen LogP) is 6.17. The molecule has 7 heteroatoms. The van der Waals surface area contributed by atoms with Crippen LogP contribution in [0.2, 0.25) is 0 Å². The van der Waals surface area contributed by atoms with Gasteiger partial charge in [0.25, 0.3) is 0 Å². The standard InChI is InChI=1S/C22H17F6N/c23-21(24,25)18-10-4-8-16(12-18)20(29,14-15-6-2-1-3-7-15)17-9-5-11-19(13-17)22(26,27)28/h1-13H,14,29H2. The fraction of sp³-hybridized carbons (Fsp3) is 0.182. The molecule has 0 saturated heterocycles. The molecular weight excluding hydrogens is 392 g/mol. The molecule has 0 aliphatic rings. The fourth-order valence-corrected chi connectivity index (χ4v) is 3.23. The zero-order chi connectivity index (χ0) is 21.3. The number of halogens is 6. The summed E-state index contributed by atoms with van der Waals surface area (Å²) in [6.07, 6.45) is -9.18. The van der Waals surface area contributed by atoms with Crippen LogP contribution >= 0.6 is 0 Å². The van der Waals surface area contributed by atoms with E-state index in [9.17, 15) is 26.3 Å². The Morgan fingerprint density at radius 2 is 0.966 bits per heavy atom. The summed E-state index contributed by atoms with van der Waals surface area (Å²) in [5.41, 5.74) is 3.99. The molecular formula is C22H17F6N. The zero-order valence-electron chi connectivity index (χ0n) is 15.1. The Hall–Kier alpha value is -2.80. The molecule has 0 atom stereocenters. The van der Waals surface area contributed by atoms with Crippen molar-refractivity contribution in [2.75, 3.05) is 0 Å². The van der Waals surface area contributed by atoms with Crippen LogP contribution in [-0.2, 0) is 24.3 Å². The van der Waals surface area contributed by atoms with Crippen molar-refractivity contribution in [3.05, 3.63) is 107 Å². The van der Waals surface area contributed by atoms with Crippen LogP contribution < -0.4 is 5.73 Å². The molecule has 0 bridgehead atoms. The summed E-state index contributed by atoms with van der Waals surface area (Å²) >= 11 is 0. The van der Waals surface area contributed by atoms with Crippen molar-refractivity contribution >= 4 is 0 Å². The minimum atomic E-state index is -4.60. The highest BCUT2D eigenvalue weighted by atomic mass is 19.4. The molecule has 0 aromatic heterocycles. The summed E-state index contributed by atoms with van der Waals surface area (Å²) in [6, 6.07) is 17.5. The van der Waals surface area contributed by atoms with Crippen molar-refractivity contribution in [3.8, 4) is 0 Å². The number of benzene rings is 3. The number of alkyl halides is 6. The molecule has 0 saturated carbocycles. The van der Waals surface area contributed by atoms with Gasteiger partial charge >= 0.3 is 12.4 Å². The van der Waals surface area contributed by atoms with Gasteiger partial charge in [0.15, 0.2) is 0 Å². The lowest BCUT2D eigenvalue weighted by Gasteiger charge is -2.32. The van der Waals surface area contributed by atoms with Crippen LogP contribution in [-0.4, -0.2) is 0 Å². The highest BCUT2D eigenvalue weighted by Gasteiger charge is 2.37. The summed E-state index contributed by atoms with van der Waals surface area (Å²) in [5.74, 6) is 0. The number of hydrogen-bond donors (Lipinski definition) is 1. The SMILES string of the molecule is NC(Cc1ccccc1)(c1cccc(C(F)(F)F)c1)c1cccc(C(F)(F)F)c1. The Bertz CT molecular complexity index is 919. The quantitative estimate of drug-likeness (QED) is 0.513. The molecule has 0 unspecified atom stereocenters. The Balaban J connectivity index is 2.18. The molecule has 3 aromatic carbocycles. The first-order chi connectivity index (χ1) is 13.5. The largest absolute Gasteiger partial charge is 0.416 e. The van der Waals surface area contributed by atoms with Gasteiger partial charge in [0.05, 0.1) is 16.7 Å². The molecule has 3 rings (SSSR count). The Morgan fingerprint density at radius 1 is 0.552 bits per heavy atom. The predicted molar refractivity (Wildman–Crippen MR) is 98.0 cm³/mol. The molecule has 152 valence electrons. The van der Waals surface area contributed by atoms with Crippen LogP contribution in [0.25, 0.3) is 0 Å². The molecule has 0 aliphatic carbocycles. The normalized spacial score (nSPS) is 12.8. The third kappa shape index (κ3) is 4.62. The molecule has 3 aromatic rings. The van der Waals surface area contributed by atoms with Gasteiger partial charge in [-0.2, -0.15) is 26.3 Å². The van der Waals surface area contributed by atoms with Crippen LogP contribution in [0.5, 0.6) is 0 Å². The van der Waals surface area contributed by atoms with Crippen molar-refractivity contribution in [2.45, 2.75) is 24.3 Å². The van der Waals surface area contributed by atoms with E-state index in [0.717, 1.165) is 24.3 Å². The number of nitrogens with two attached hydrogens (primary N) is 1. The summed E-state index contributed by atoms with van der Waals surface area (Å²) < 4.78 is 79.3. The van der Waals surface area contributed by atoms with Gasteiger partial charge in [0.1, 0.15) is 0 Å². The lowest BCUT2D eigenvalue weighted by atomic mass is 9.78. The maximum Gasteiger partial charge on any atom is 0.416 e. The van der Waals surface area contributed by atoms with Crippen molar-refractivity contribution < 1.29 is 26.3 Å². The maximum absolute atomic E-state index is 13.2. The Kier molecular flexibility index (Phi) is 5.45. The van der Waals surface area contributed by atoms with Crippen molar-refractivity contribution in [1.29, 1.82) is 0 Å². The molecule has 0 heterocycles. The van der Waals surface area contributed by atoms with E-state index in [1.54, 1.807) is 30.3 Å². The highest BCUT2D eigenvalue weighted by molar-refractivity contribution is 5.44. The average molecular weight is 409 g/mol. The van der Waals surface area contributed by atoms with E-state index in [4.69, 9.17) is 5.73 Å². The first-order valence-corrected chi connectivity index (χ1v) is 8.68. The second-order valence-corrected chi connectivity index (χ2v) is 6.79.